The summed E-state index contributed by atoms with van der Waals surface area (Å²) in [5.41, 5.74) is -0.459. The number of ketones is 1. The van der Waals surface area contributed by atoms with Crippen LogP contribution >= 0.6 is 11.3 Å². The molecular formula is C13H9F3OS. The van der Waals surface area contributed by atoms with Gasteiger partial charge in [0, 0.05) is 27.5 Å². The third-order valence-corrected chi connectivity index (χ3v) is 3.49. The van der Waals surface area contributed by atoms with Crippen molar-refractivity contribution in [2.75, 3.05) is 0 Å². The van der Waals surface area contributed by atoms with E-state index in [-0.39, 0.29) is 5.56 Å². The Morgan fingerprint density at radius 1 is 1.06 bits per heavy atom. The molecule has 0 aliphatic heterocycles. The van der Waals surface area contributed by atoms with Crippen molar-refractivity contribution in [3.8, 4) is 0 Å². The fraction of sp³-hybridized carbons (Fsp3) is 0.154. The van der Waals surface area contributed by atoms with Crippen LogP contribution in [-0.4, -0.2) is 5.78 Å². The predicted molar refractivity (Wildman–Crippen MR) is 63.5 cm³/mol. The molecule has 0 N–H and O–H groups in total. The minimum Gasteiger partial charge on any atom is -0.288 e. The molecule has 1 heterocycles. The van der Waals surface area contributed by atoms with Gasteiger partial charge in [-0.1, -0.05) is 0 Å². The van der Waals surface area contributed by atoms with Crippen LogP contribution in [0.25, 0.3) is 0 Å². The number of carbonyl (C=O) groups is 1. The number of thiophene rings is 1. The van der Waals surface area contributed by atoms with Crippen molar-refractivity contribution in [2.45, 2.75) is 13.8 Å². The second-order valence-electron chi connectivity index (χ2n) is 3.90. The summed E-state index contributed by atoms with van der Waals surface area (Å²) < 4.78 is 39.7. The first-order valence-electron chi connectivity index (χ1n) is 5.16. The molecule has 18 heavy (non-hydrogen) atoms. The Hall–Kier alpha value is -1.62. The summed E-state index contributed by atoms with van der Waals surface area (Å²) in [7, 11) is 0. The SMILES string of the molecule is Cc1cc(C(=O)c2c(F)cc(F)cc2F)c(C)s1. The zero-order chi connectivity index (χ0) is 13.4. The Balaban J connectivity index is 2.56. The van der Waals surface area contributed by atoms with Crippen LogP contribution in [0.4, 0.5) is 13.2 Å². The highest BCUT2D eigenvalue weighted by molar-refractivity contribution is 7.12. The summed E-state index contributed by atoms with van der Waals surface area (Å²) in [6, 6.07) is 2.58. The van der Waals surface area contributed by atoms with Crippen molar-refractivity contribution in [3.63, 3.8) is 0 Å². The second-order valence-corrected chi connectivity index (χ2v) is 5.36. The average molecular weight is 270 g/mol. The van der Waals surface area contributed by atoms with Crippen molar-refractivity contribution in [1.29, 1.82) is 0 Å². The van der Waals surface area contributed by atoms with Crippen LogP contribution in [0.2, 0.25) is 0 Å². The summed E-state index contributed by atoms with van der Waals surface area (Å²) in [6.45, 7) is 3.50. The predicted octanol–water partition coefficient (Wildman–Crippen LogP) is 4.01. The first kappa shape index (κ1) is 12.8. The van der Waals surface area contributed by atoms with Gasteiger partial charge in [0.15, 0.2) is 5.78 Å². The highest BCUT2D eigenvalue weighted by atomic mass is 32.1. The molecule has 1 aromatic carbocycles. The number of benzene rings is 1. The third kappa shape index (κ3) is 2.18. The molecule has 1 aromatic heterocycles. The molecule has 0 bridgehead atoms. The van der Waals surface area contributed by atoms with Crippen molar-refractivity contribution >= 4 is 17.1 Å². The van der Waals surface area contributed by atoms with Crippen LogP contribution in [-0.2, 0) is 0 Å². The third-order valence-electron chi connectivity index (χ3n) is 2.52. The van der Waals surface area contributed by atoms with Crippen molar-refractivity contribution < 1.29 is 18.0 Å². The molecule has 0 atom stereocenters. The van der Waals surface area contributed by atoms with Gasteiger partial charge in [-0.25, -0.2) is 13.2 Å². The Morgan fingerprint density at radius 2 is 1.61 bits per heavy atom. The topological polar surface area (TPSA) is 17.1 Å². The van der Waals surface area contributed by atoms with Gasteiger partial charge in [-0.15, -0.1) is 11.3 Å². The monoisotopic (exact) mass is 270 g/mol. The lowest BCUT2D eigenvalue weighted by molar-refractivity contribution is 0.103. The number of halogens is 3. The van der Waals surface area contributed by atoms with Gasteiger partial charge >= 0.3 is 0 Å². The molecule has 0 unspecified atom stereocenters. The maximum atomic E-state index is 13.5. The van der Waals surface area contributed by atoms with E-state index < -0.39 is 28.8 Å². The minimum atomic E-state index is -1.18. The van der Waals surface area contributed by atoms with E-state index in [4.69, 9.17) is 0 Å². The number of hydrogen-bond acceptors (Lipinski definition) is 2. The molecule has 94 valence electrons. The van der Waals surface area contributed by atoms with E-state index in [0.29, 0.717) is 17.0 Å². The summed E-state index contributed by atoms with van der Waals surface area (Å²) in [6.07, 6.45) is 0. The van der Waals surface area contributed by atoms with Gasteiger partial charge in [-0.2, -0.15) is 0 Å². The number of hydrogen-bond donors (Lipinski definition) is 0. The van der Waals surface area contributed by atoms with E-state index in [0.717, 1.165) is 4.88 Å². The quantitative estimate of drug-likeness (QED) is 0.753. The van der Waals surface area contributed by atoms with Gasteiger partial charge in [0.05, 0.1) is 5.56 Å². The van der Waals surface area contributed by atoms with E-state index in [9.17, 15) is 18.0 Å². The van der Waals surface area contributed by atoms with E-state index in [1.165, 1.54) is 11.3 Å². The molecule has 0 saturated heterocycles. The lowest BCUT2D eigenvalue weighted by Crippen LogP contribution is -2.08. The van der Waals surface area contributed by atoms with E-state index in [2.05, 4.69) is 0 Å². The lowest BCUT2D eigenvalue weighted by Gasteiger charge is -2.04. The Labute approximate surface area is 106 Å². The van der Waals surface area contributed by atoms with Crippen LogP contribution in [0.3, 0.4) is 0 Å². The van der Waals surface area contributed by atoms with E-state index >= 15 is 0 Å². The molecule has 0 aliphatic carbocycles. The highest BCUT2D eigenvalue weighted by Crippen LogP contribution is 2.25. The van der Waals surface area contributed by atoms with Crippen molar-refractivity contribution in [3.05, 3.63) is 56.5 Å². The molecule has 1 nitrogen and oxygen atoms in total. The Kier molecular flexibility index (Phi) is 3.26. The molecule has 2 aromatic rings. The standard InChI is InChI=1S/C13H9F3OS/c1-6-3-9(7(2)18-6)13(17)12-10(15)4-8(14)5-11(12)16/h3-5H,1-2H3. The molecule has 0 radical (unpaired) electrons. The van der Waals surface area contributed by atoms with Crippen LogP contribution in [0, 0.1) is 31.3 Å². The Morgan fingerprint density at radius 3 is 2.06 bits per heavy atom. The van der Waals surface area contributed by atoms with Crippen molar-refractivity contribution in [2.24, 2.45) is 0 Å². The van der Waals surface area contributed by atoms with Crippen LogP contribution in [0.5, 0.6) is 0 Å². The fourth-order valence-corrected chi connectivity index (χ4v) is 2.67. The summed E-state index contributed by atoms with van der Waals surface area (Å²) in [5, 5.41) is 0. The normalized spacial score (nSPS) is 10.7. The van der Waals surface area contributed by atoms with Gasteiger partial charge in [-0.05, 0) is 19.9 Å². The maximum absolute atomic E-state index is 13.5. The minimum absolute atomic E-state index is 0.252. The number of rotatable bonds is 2. The van der Waals surface area contributed by atoms with Gasteiger partial charge < -0.3 is 0 Å². The van der Waals surface area contributed by atoms with Crippen LogP contribution in [0.15, 0.2) is 18.2 Å². The first-order chi connectivity index (χ1) is 8.40. The molecule has 2 rings (SSSR count). The average Bonchev–Trinajstić information content (AvgIpc) is 2.56. The van der Waals surface area contributed by atoms with Crippen LogP contribution < -0.4 is 0 Å². The summed E-state index contributed by atoms with van der Waals surface area (Å²) in [4.78, 5) is 13.6. The maximum Gasteiger partial charge on any atom is 0.200 e. The molecule has 0 saturated carbocycles. The van der Waals surface area contributed by atoms with Crippen molar-refractivity contribution in [1.82, 2.24) is 0 Å². The molecule has 5 heteroatoms. The fourth-order valence-electron chi connectivity index (χ4n) is 1.75. The number of carbonyl (C=O) groups excluding carboxylic acids is 1. The zero-order valence-corrected chi connectivity index (χ0v) is 10.5. The van der Waals surface area contributed by atoms with Gasteiger partial charge in [0.1, 0.15) is 17.5 Å². The van der Waals surface area contributed by atoms with E-state index in [1.54, 1.807) is 19.9 Å². The first-order valence-corrected chi connectivity index (χ1v) is 5.98. The van der Waals surface area contributed by atoms with Gasteiger partial charge in [0.2, 0.25) is 0 Å². The van der Waals surface area contributed by atoms with E-state index in [1.807, 2.05) is 0 Å². The largest absolute Gasteiger partial charge is 0.288 e. The molecule has 0 amide bonds. The van der Waals surface area contributed by atoms with Gasteiger partial charge in [-0.3, -0.25) is 4.79 Å². The smallest absolute Gasteiger partial charge is 0.200 e. The van der Waals surface area contributed by atoms with Crippen LogP contribution in [0.1, 0.15) is 25.7 Å². The second kappa shape index (κ2) is 4.57. The molecule has 0 aliphatic rings. The lowest BCUT2D eigenvalue weighted by atomic mass is 10.0. The molecular weight excluding hydrogens is 261 g/mol. The van der Waals surface area contributed by atoms with Gasteiger partial charge in [0.25, 0.3) is 0 Å². The number of aryl methyl sites for hydroxylation is 2. The molecule has 0 spiro atoms. The Bertz CT molecular complexity index is 608. The zero-order valence-electron chi connectivity index (χ0n) is 9.68. The summed E-state index contributed by atoms with van der Waals surface area (Å²) >= 11 is 1.37. The molecule has 0 fully saturated rings. The highest BCUT2D eigenvalue weighted by Gasteiger charge is 2.22. The summed E-state index contributed by atoms with van der Waals surface area (Å²) in [5.74, 6) is -4.16.